The SMILES string of the molecule is Cc1cc(C(=O)N2CCN(C(=O)c3ccc(=O)[nH]c3)CC2)c2c(C)noc2n1. The van der Waals surface area contributed by atoms with E-state index < -0.39 is 0 Å². The number of H-pyrrole nitrogens is 1. The zero-order chi connectivity index (χ0) is 19.8. The highest BCUT2D eigenvalue weighted by Gasteiger charge is 2.28. The average molecular weight is 381 g/mol. The van der Waals surface area contributed by atoms with E-state index in [2.05, 4.69) is 15.1 Å². The van der Waals surface area contributed by atoms with Gasteiger partial charge < -0.3 is 19.3 Å². The number of fused-ring (bicyclic) bond motifs is 1. The third kappa shape index (κ3) is 3.15. The van der Waals surface area contributed by atoms with Gasteiger partial charge >= 0.3 is 0 Å². The largest absolute Gasteiger partial charge is 0.336 e. The second-order valence-electron chi connectivity index (χ2n) is 6.79. The molecule has 1 aliphatic heterocycles. The van der Waals surface area contributed by atoms with E-state index in [0.29, 0.717) is 59.8 Å². The minimum absolute atomic E-state index is 0.127. The predicted octanol–water partition coefficient (Wildman–Crippen LogP) is 1.13. The van der Waals surface area contributed by atoms with Gasteiger partial charge in [0.25, 0.3) is 17.5 Å². The first-order valence-corrected chi connectivity index (χ1v) is 8.95. The lowest BCUT2D eigenvalue weighted by atomic mass is 10.1. The van der Waals surface area contributed by atoms with Crippen molar-refractivity contribution in [2.24, 2.45) is 0 Å². The number of hydrogen-bond acceptors (Lipinski definition) is 6. The van der Waals surface area contributed by atoms with Gasteiger partial charge in [0, 0.05) is 44.1 Å². The maximum absolute atomic E-state index is 13.1. The Morgan fingerprint density at radius 2 is 1.75 bits per heavy atom. The molecule has 0 aliphatic carbocycles. The molecule has 28 heavy (non-hydrogen) atoms. The fourth-order valence-electron chi connectivity index (χ4n) is 3.40. The van der Waals surface area contributed by atoms with E-state index >= 15 is 0 Å². The third-order valence-corrected chi connectivity index (χ3v) is 4.86. The maximum Gasteiger partial charge on any atom is 0.258 e. The summed E-state index contributed by atoms with van der Waals surface area (Å²) in [6, 6.07) is 4.57. The molecule has 3 aromatic rings. The second kappa shape index (κ2) is 6.91. The smallest absolute Gasteiger partial charge is 0.258 e. The number of piperazine rings is 1. The molecule has 144 valence electrons. The molecule has 9 heteroatoms. The summed E-state index contributed by atoms with van der Waals surface area (Å²) in [6.45, 7) is 5.25. The molecule has 0 radical (unpaired) electrons. The summed E-state index contributed by atoms with van der Waals surface area (Å²) in [5, 5.41) is 4.54. The van der Waals surface area contributed by atoms with E-state index in [-0.39, 0.29) is 17.4 Å². The van der Waals surface area contributed by atoms with Gasteiger partial charge in [-0.3, -0.25) is 14.4 Å². The van der Waals surface area contributed by atoms with Crippen LogP contribution in [0.4, 0.5) is 0 Å². The van der Waals surface area contributed by atoms with Crippen LogP contribution in [0.1, 0.15) is 32.1 Å². The first kappa shape index (κ1) is 17.9. The Hall–Kier alpha value is -3.49. The van der Waals surface area contributed by atoms with Crippen molar-refractivity contribution >= 4 is 22.9 Å². The van der Waals surface area contributed by atoms with Crippen LogP contribution >= 0.6 is 0 Å². The summed E-state index contributed by atoms with van der Waals surface area (Å²) in [4.78, 5) is 47.0. The van der Waals surface area contributed by atoms with Gasteiger partial charge in [0.05, 0.1) is 22.2 Å². The fourth-order valence-corrected chi connectivity index (χ4v) is 3.40. The van der Waals surface area contributed by atoms with Gasteiger partial charge in [-0.2, -0.15) is 0 Å². The Bertz CT molecular complexity index is 1100. The van der Waals surface area contributed by atoms with Crippen molar-refractivity contribution in [1.29, 1.82) is 0 Å². The molecule has 4 rings (SSSR count). The third-order valence-electron chi connectivity index (χ3n) is 4.86. The summed E-state index contributed by atoms with van der Waals surface area (Å²) in [5.41, 5.74) is 2.34. The van der Waals surface area contributed by atoms with Crippen molar-refractivity contribution in [2.45, 2.75) is 13.8 Å². The molecule has 1 N–H and O–H groups in total. The van der Waals surface area contributed by atoms with Crippen LogP contribution in [0.25, 0.3) is 11.1 Å². The number of hydrogen-bond donors (Lipinski definition) is 1. The van der Waals surface area contributed by atoms with E-state index in [4.69, 9.17) is 4.52 Å². The zero-order valence-electron chi connectivity index (χ0n) is 15.6. The van der Waals surface area contributed by atoms with Gasteiger partial charge in [0.2, 0.25) is 5.56 Å². The molecule has 1 fully saturated rings. The van der Waals surface area contributed by atoms with Gasteiger partial charge in [0.1, 0.15) is 0 Å². The van der Waals surface area contributed by atoms with E-state index in [0.717, 1.165) is 0 Å². The molecular weight excluding hydrogens is 362 g/mol. The average Bonchev–Trinajstić information content (AvgIpc) is 3.07. The first-order chi connectivity index (χ1) is 13.4. The van der Waals surface area contributed by atoms with E-state index in [1.165, 1.54) is 18.3 Å². The number of nitrogens with one attached hydrogen (secondary N) is 1. The van der Waals surface area contributed by atoms with E-state index in [9.17, 15) is 14.4 Å². The molecule has 9 nitrogen and oxygen atoms in total. The zero-order valence-corrected chi connectivity index (χ0v) is 15.6. The van der Waals surface area contributed by atoms with Crippen molar-refractivity contribution < 1.29 is 14.1 Å². The van der Waals surface area contributed by atoms with Crippen LogP contribution < -0.4 is 5.56 Å². The lowest BCUT2D eigenvalue weighted by molar-refractivity contribution is 0.0536. The van der Waals surface area contributed by atoms with E-state index in [1.54, 1.807) is 29.7 Å². The number of aromatic amines is 1. The maximum atomic E-state index is 13.1. The van der Waals surface area contributed by atoms with Gasteiger partial charge in [-0.15, -0.1) is 0 Å². The quantitative estimate of drug-likeness (QED) is 0.712. The minimum atomic E-state index is -0.255. The Balaban J connectivity index is 1.50. The highest BCUT2D eigenvalue weighted by atomic mass is 16.5. The molecule has 0 spiro atoms. The van der Waals surface area contributed by atoms with Crippen molar-refractivity contribution in [3.05, 3.63) is 57.3 Å². The highest BCUT2D eigenvalue weighted by Crippen LogP contribution is 2.23. The van der Waals surface area contributed by atoms with Crippen LogP contribution in [0.5, 0.6) is 0 Å². The summed E-state index contributed by atoms with van der Waals surface area (Å²) < 4.78 is 5.20. The van der Waals surface area contributed by atoms with Gasteiger partial charge in [-0.25, -0.2) is 4.98 Å². The Labute approximate surface area is 159 Å². The van der Waals surface area contributed by atoms with Gasteiger partial charge in [0.15, 0.2) is 0 Å². The molecule has 0 atom stereocenters. The van der Waals surface area contributed by atoms with Gasteiger partial charge in [-0.1, -0.05) is 5.16 Å². The summed E-state index contributed by atoms with van der Waals surface area (Å²) in [5.74, 6) is -0.293. The molecule has 0 unspecified atom stereocenters. The number of nitrogens with zero attached hydrogens (tertiary/aromatic N) is 4. The molecule has 0 saturated carbocycles. The number of aryl methyl sites for hydroxylation is 2. The number of aromatic nitrogens is 3. The second-order valence-corrected chi connectivity index (χ2v) is 6.79. The number of pyridine rings is 2. The summed E-state index contributed by atoms with van der Waals surface area (Å²) in [7, 11) is 0. The minimum Gasteiger partial charge on any atom is -0.336 e. The van der Waals surface area contributed by atoms with Crippen LogP contribution in [0.15, 0.2) is 33.7 Å². The molecule has 2 amide bonds. The Kier molecular flexibility index (Phi) is 4.42. The molecule has 0 bridgehead atoms. The number of amides is 2. The molecular formula is C19H19N5O4. The Morgan fingerprint density at radius 1 is 1.07 bits per heavy atom. The van der Waals surface area contributed by atoms with E-state index in [1.807, 2.05) is 0 Å². The van der Waals surface area contributed by atoms with Gasteiger partial charge in [-0.05, 0) is 26.0 Å². The van der Waals surface area contributed by atoms with Crippen molar-refractivity contribution in [1.82, 2.24) is 24.9 Å². The molecule has 4 heterocycles. The first-order valence-electron chi connectivity index (χ1n) is 8.95. The topological polar surface area (TPSA) is 112 Å². The van der Waals surface area contributed by atoms with Crippen LogP contribution in [-0.2, 0) is 0 Å². The molecule has 3 aromatic heterocycles. The summed E-state index contributed by atoms with van der Waals surface area (Å²) in [6.07, 6.45) is 1.41. The molecule has 1 saturated heterocycles. The predicted molar refractivity (Wildman–Crippen MR) is 100 cm³/mol. The summed E-state index contributed by atoms with van der Waals surface area (Å²) >= 11 is 0. The monoisotopic (exact) mass is 381 g/mol. The van der Waals surface area contributed by atoms with Crippen molar-refractivity contribution in [3.63, 3.8) is 0 Å². The lowest BCUT2D eigenvalue weighted by Crippen LogP contribution is -2.50. The van der Waals surface area contributed by atoms with Crippen molar-refractivity contribution in [3.8, 4) is 0 Å². The number of carbonyl (C=O) groups excluding carboxylic acids is 2. The number of rotatable bonds is 2. The fraction of sp³-hybridized carbons (Fsp3) is 0.316. The number of carbonyl (C=O) groups is 2. The molecule has 0 aromatic carbocycles. The van der Waals surface area contributed by atoms with Crippen molar-refractivity contribution in [2.75, 3.05) is 26.2 Å². The highest BCUT2D eigenvalue weighted by molar-refractivity contribution is 6.06. The lowest BCUT2D eigenvalue weighted by Gasteiger charge is -2.35. The molecule has 1 aliphatic rings. The van der Waals surface area contributed by atoms with Crippen LogP contribution in [-0.4, -0.2) is 62.9 Å². The van der Waals surface area contributed by atoms with Crippen LogP contribution in [0.3, 0.4) is 0 Å². The standard InChI is InChI=1S/C19H19N5O4/c1-11-9-14(16-12(2)22-28-17(16)21-11)19(27)24-7-5-23(6-8-24)18(26)13-3-4-15(25)20-10-13/h3-4,9-10H,5-8H2,1-2H3,(H,20,25). The van der Waals surface area contributed by atoms with Crippen LogP contribution in [0.2, 0.25) is 0 Å². The van der Waals surface area contributed by atoms with Crippen LogP contribution in [0, 0.1) is 13.8 Å². The Morgan fingerprint density at radius 3 is 2.39 bits per heavy atom. The normalized spacial score (nSPS) is 14.5.